The van der Waals surface area contributed by atoms with E-state index in [-0.39, 0.29) is 5.97 Å². The number of ether oxygens (including phenoxy) is 1. The predicted molar refractivity (Wildman–Crippen MR) is 83.1 cm³/mol. The molecule has 3 aliphatic carbocycles. The third kappa shape index (κ3) is 3.42. The summed E-state index contributed by atoms with van der Waals surface area (Å²) in [6.45, 7) is 3.53. The van der Waals surface area contributed by atoms with Gasteiger partial charge in [-0.1, -0.05) is 6.92 Å². The highest BCUT2D eigenvalue weighted by Crippen LogP contribution is 2.40. The van der Waals surface area contributed by atoms with Gasteiger partial charge in [0.15, 0.2) is 0 Å². The van der Waals surface area contributed by atoms with E-state index < -0.39 is 5.54 Å². The van der Waals surface area contributed by atoms with Gasteiger partial charge in [0.2, 0.25) is 0 Å². The van der Waals surface area contributed by atoms with Gasteiger partial charge in [-0.2, -0.15) is 0 Å². The van der Waals surface area contributed by atoms with Gasteiger partial charge < -0.3 is 9.64 Å². The van der Waals surface area contributed by atoms with Gasteiger partial charge in [0.1, 0.15) is 5.54 Å². The quantitative estimate of drug-likeness (QED) is 0.763. The van der Waals surface area contributed by atoms with E-state index in [0.717, 1.165) is 31.1 Å². The van der Waals surface area contributed by atoms with Crippen LogP contribution in [-0.4, -0.2) is 49.2 Å². The molecule has 21 heavy (non-hydrogen) atoms. The van der Waals surface area contributed by atoms with Crippen LogP contribution in [0.15, 0.2) is 0 Å². The summed E-state index contributed by atoms with van der Waals surface area (Å²) in [7, 11) is 3.76. The third-order valence-electron chi connectivity index (χ3n) is 5.78. The summed E-state index contributed by atoms with van der Waals surface area (Å²) in [6, 6.07) is 1.05. The highest BCUT2D eigenvalue weighted by Gasteiger charge is 2.47. The minimum Gasteiger partial charge on any atom is -0.468 e. The van der Waals surface area contributed by atoms with Crippen LogP contribution in [0, 0.1) is 11.8 Å². The van der Waals surface area contributed by atoms with Crippen LogP contribution >= 0.6 is 0 Å². The fourth-order valence-electron chi connectivity index (χ4n) is 3.98. The summed E-state index contributed by atoms with van der Waals surface area (Å²) >= 11 is 0. The highest BCUT2D eigenvalue weighted by molar-refractivity contribution is 5.81. The second-order valence-electron chi connectivity index (χ2n) is 7.66. The molecule has 120 valence electrons. The first-order chi connectivity index (χ1) is 10.0. The molecule has 0 heterocycles. The van der Waals surface area contributed by atoms with Crippen LogP contribution in [0.3, 0.4) is 0 Å². The van der Waals surface area contributed by atoms with Crippen molar-refractivity contribution in [3.8, 4) is 0 Å². The van der Waals surface area contributed by atoms with Gasteiger partial charge in [-0.3, -0.25) is 10.1 Å². The Labute approximate surface area is 128 Å². The second kappa shape index (κ2) is 5.88. The molecular weight excluding hydrogens is 264 g/mol. The lowest BCUT2D eigenvalue weighted by Gasteiger charge is -2.42. The molecule has 4 unspecified atom stereocenters. The maximum atomic E-state index is 12.4. The van der Waals surface area contributed by atoms with E-state index in [0.29, 0.717) is 12.1 Å². The Morgan fingerprint density at radius 2 is 2.10 bits per heavy atom. The van der Waals surface area contributed by atoms with Crippen molar-refractivity contribution in [2.45, 2.75) is 69.5 Å². The third-order valence-corrected chi connectivity index (χ3v) is 5.78. The zero-order chi connectivity index (χ0) is 15.0. The summed E-state index contributed by atoms with van der Waals surface area (Å²) in [5.74, 6) is 1.72. The molecule has 3 rings (SSSR count). The molecular formula is C17H30N2O2. The smallest absolute Gasteiger partial charge is 0.326 e. The van der Waals surface area contributed by atoms with Crippen molar-refractivity contribution in [2.75, 3.05) is 20.7 Å². The van der Waals surface area contributed by atoms with Gasteiger partial charge in [0, 0.05) is 18.6 Å². The van der Waals surface area contributed by atoms with Crippen molar-refractivity contribution >= 4 is 5.97 Å². The summed E-state index contributed by atoms with van der Waals surface area (Å²) < 4.78 is 5.14. The molecule has 0 aromatic rings. The Kier molecular flexibility index (Phi) is 4.28. The van der Waals surface area contributed by atoms with Crippen LogP contribution in [0.25, 0.3) is 0 Å². The number of carbonyl (C=O) groups excluding carboxylic acids is 1. The Hall–Kier alpha value is -0.610. The summed E-state index contributed by atoms with van der Waals surface area (Å²) in [6.07, 6.45) is 7.96. The molecule has 3 fully saturated rings. The fraction of sp³-hybridized carbons (Fsp3) is 0.941. The topological polar surface area (TPSA) is 41.6 Å². The van der Waals surface area contributed by atoms with Crippen molar-refractivity contribution < 1.29 is 9.53 Å². The van der Waals surface area contributed by atoms with Gasteiger partial charge >= 0.3 is 5.97 Å². The van der Waals surface area contributed by atoms with Crippen LogP contribution in [0.4, 0.5) is 0 Å². The zero-order valence-corrected chi connectivity index (χ0v) is 13.7. The Bertz CT molecular complexity index is 396. The molecule has 4 atom stereocenters. The Balaban J connectivity index is 1.64. The van der Waals surface area contributed by atoms with Crippen molar-refractivity contribution in [2.24, 2.45) is 11.8 Å². The molecule has 3 saturated carbocycles. The SMILES string of the molecule is COC(=O)C1(NC2CC2)CCCC(N(C)CC2CC2C)C1. The van der Waals surface area contributed by atoms with E-state index in [1.807, 2.05) is 0 Å². The van der Waals surface area contributed by atoms with Gasteiger partial charge in [0.25, 0.3) is 0 Å². The van der Waals surface area contributed by atoms with E-state index in [9.17, 15) is 4.79 Å². The zero-order valence-electron chi connectivity index (χ0n) is 13.7. The number of hydrogen-bond acceptors (Lipinski definition) is 4. The number of esters is 1. The van der Waals surface area contributed by atoms with Gasteiger partial charge in [-0.05, 0) is 63.8 Å². The molecule has 0 spiro atoms. The van der Waals surface area contributed by atoms with Crippen LogP contribution in [-0.2, 0) is 9.53 Å². The normalized spacial score (nSPS) is 39.3. The largest absolute Gasteiger partial charge is 0.468 e. The number of methoxy groups -OCH3 is 1. The van der Waals surface area contributed by atoms with Crippen LogP contribution < -0.4 is 5.32 Å². The molecule has 0 amide bonds. The van der Waals surface area contributed by atoms with Crippen molar-refractivity contribution in [3.63, 3.8) is 0 Å². The summed E-state index contributed by atoms with van der Waals surface area (Å²) in [4.78, 5) is 14.9. The molecule has 3 aliphatic rings. The Morgan fingerprint density at radius 1 is 1.38 bits per heavy atom. The lowest BCUT2D eigenvalue weighted by atomic mass is 9.78. The number of nitrogens with one attached hydrogen (secondary N) is 1. The monoisotopic (exact) mass is 294 g/mol. The first-order valence-electron chi connectivity index (χ1n) is 8.60. The average Bonchev–Trinajstić information content (AvgIpc) is 3.39. The summed E-state index contributed by atoms with van der Waals surface area (Å²) in [5.41, 5.74) is -0.428. The molecule has 4 nitrogen and oxygen atoms in total. The van der Waals surface area contributed by atoms with Crippen LogP contribution in [0.5, 0.6) is 0 Å². The van der Waals surface area contributed by atoms with Gasteiger partial charge in [0.05, 0.1) is 7.11 Å². The van der Waals surface area contributed by atoms with Gasteiger partial charge in [-0.25, -0.2) is 0 Å². The molecule has 0 aromatic carbocycles. The molecule has 0 aliphatic heterocycles. The van der Waals surface area contributed by atoms with Gasteiger partial charge in [-0.15, -0.1) is 0 Å². The van der Waals surface area contributed by atoms with E-state index in [4.69, 9.17) is 4.74 Å². The molecule has 1 N–H and O–H groups in total. The van der Waals surface area contributed by atoms with Crippen molar-refractivity contribution in [1.29, 1.82) is 0 Å². The maximum Gasteiger partial charge on any atom is 0.326 e. The van der Waals surface area contributed by atoms with Crippen LogP contribution in [0.1, 0.15) is 51.9 Å². The first-order valence-corrected chi connectivity index (χ1v) is 8.60. The molecule has 4 heteroatoms. The minimum atomic E-state index is -0.428. The number of carbonyl (C=O) groups is 1. The fourth-order valence-corrected chi connectivity index (χ4v) is 3.98. The lowest BCUT2D eigenvalue weighted by Crippen LogP contribution is -2.59. The first kappa shape index (κ1) is 15.3. The molecule has 0 bridgehead atoms. The predicted octanol–water partition coefficient (Wildman–Crippen LogP) is 2.18. The minimum absolute atomic E-state index is 0.0488. The highest BCUT2D eigenvalue weighted by atomic mass is 16.5. The van der Waals surface area contributed by atoms with Crippen molar-refractivity contribution in [3.05, 3.63) is 0 Å². The molecule has 0 radical (unpaired) electrons. The lowest BCUT2D eigenvalue weighted by molar-refractivity contribution is -0.151. The van der Waals surface area contributed by atoms with Crippen LogP contribution in [0.2, 0.25) is 0 Å². The Morgan fingerprint density at radius 3 is 2.67 bits per heavy atom. The summed E-state index contributed by atoms with van der Waals surface area (Å²) in [5, 5.41) is 3.62. The average molecular weight is 294 g/mol. The second-order valence-corrected chi connectivity index (χ2v) is 7.66. The standard InChI is InChI=1S/C17H30N2O2/c1-12-9-13(12)11-19(2)15-5-4-8-17(10-15,16(20)21-3)18-14-6-7-14/h12-15,18H,4-11H2,1-3H3. The number of nitrogens with zero attached hydrogens (tertiary/aromatic N) is 1. The number of hydrogen-bond donors (Lipinski definition) is 1. The molecule has 0 saturated heterocycles. The van der Waals surface area contributed by atoms with E-state index in [1.54, 1.807) is 0 Å². The van der Waals surface area contributed by atoms with E-state index >= 15 is 0 Å². The maximum absolute atomic E-state index is 12.4. The molecule has 0 aromatic heterocycles. The van der Waals surface area contributed by atoms with Crippen molar-refractivity contribution in [1.82, 2.24) is 10.2 Å². The van der Waals surface area contributed by atoms with E-state index in [2.05, 4.69) is 24.2 Å². The number of rotatable bonds is 6. The van der Waals surface area contributed by atoms with E-state index in [1.165, 1.54) is 39.3 Å².